The molecule has 0 aliphatic heterocycles. The Hall–Kier alpha value is -1.38. The van der Waals surface area contributed by atoms with Crippen LogP contribution in [0.15, 0.2) is 22.0 Å². The molecule has 0 aliphatic carbocycles. The molecule has 100 valence electrons. The first-order valence-electron chi connectivity index (χ1n) is 4.91. The third-order valence-electron chi connectivity index (χ3n) is 2.01. The number of amides is 1. The molecule has 7 nitrogen and oxygen atoms in total. The molecular weight excluding hydrogens is 282 g/mol. The Balaban J connectivity index is 2.96. The number of nitrogens with two attached hydrogens (primary N) is 1. The molecule has 1 amide bonds. The highest BCUT2D eigenvalue weighted by Crippen LogP contribution is 2.11. The van der Waals surface area contributed by atoms with E-state index < -0.39 is 27.5 Å². The zero-order valence-electron chi connectivity index (χ0n) is 9.44. The Bertz CT molecular complexity index is 610. The molecule has 18 heavy (non-hydrogen) atoms. The average molecular weight is 294 g/mol. The quantitative estimate of drug-likeness (QED) is 0.682. The molecule has 0 saturated carbocycles. The summed E-state index contributed by atoms with van der Waals surface area (Å²) in [6.45, 7) is 1.50. The van der Waals surface area contributed by atoms with Crippen LogP contribution >= 0.6 is 11.6 Å². The molecule has 1 unspecified atom stereocenters. The van der Waals surface area contributed by atoms with Gasteiger partial charge in [-0.2, -0.15) is 0 Å². The van der Waals surface area contributed by atoms with E-state index in [-0.39, 0.29) is 16.3 Å². The predicted molar refractivity (Wildman–Crippen MR) is 65.7 cm³/mol. The maximum Gasteiger partial charge on any atom is 0.266 e. The number of aromatic nitrogens is 1. The molecule has 0 aliphatic rings. The van der Waals surface area contributed by atoms with Crippen molar-refractivity contribution in [2.45, 2.75) is 24.3 Å². The minimum absolute atomic E-state index is 0.129. The molecule has 4 N–H and O–H groups in total. The van der Waals surface area contributed by atoms with Gasteiger partial charge in [0.25, 0.3) is 5.56 Å². The number of primary amides is 1. The lowest BCUT2D eigenvalue weighted by molar-refractivity contribution is -0.118. The summed E-state index contributed by atoms with van der Waals surface area (Å²) in [5, 5.41) is -0.236. The number of carbonyl (C=O) groups excluding carboxylic acids is 1. The number of H-pyrrole nitrogens is 1. The second-order valence-corrected chi connectivity index (χ2v) is 5.83. The first kappa shape index (κ1) is 14.7. The zero-order chi connectivity index (χ0) is 13.9. The first-order chi connectivity index (χ1) is 8.22. The monoisotopic (exact) mass is 293 g/mol. The Kier molecular flexibility index (Phi) is 4.49. The standard InChI is InChI=1S/C9H12ClN3O4S/c1-5(2-8(11)14)13-18(16,17)6-3-7(10)9(15)12-4-6/h3-5,13H,2H2,1H3,(H2,11,14)(H,12,15). The van der Waals surface area contributed by atoms with Crippen molar-refractivity contribution in [1.82, 2.24) is 9.71 Å². The summed E-state index contributed by atoms with van der Waals surface area (Å²) in [5.41, 5.74) is 4.37. The fourth-order valence-electron chi connectivity index (χ4n) is 1.27. The number of nitrogens with one attached hydrogen (secondary N) is 2. The zero-order valence-corrected chi connectivity index (χ0v) is 11.0. The summed E-state index contributed by atoms with van der Waals surface area (Å²) in [5.74, 6) is -0.621. The van der Waals surface area contributed by atoms with E-state index in [4.69, 9.17) is 17.3 Å². The maximum absolute atomic E-state index is 11.8. The second-order valence-electron chi connectivity index (χ2n) is 3.71. The molecule has 0 saturated heterocycles. The van der Waals surface area contributed by atoms with Crippen molar-refractivity contribution >= 4 is 27.5 Å². The van der Waals surface area contributed by atoms with Gasteiger partial charge in [0, 0.05) is 18.7 Å². The number of rotatable bonds is 5. The van der Waals surface area contributed by atoms with E-state index in [2.05, 4.69) is 9.71 Å². The fraction of sp³-hybridized carbons (Fsp3) is 0.333. The summed E-state index contributed by atoms with van der Waals surface area (Å²) in [6, 6.07) is 0.373. The highest BCUT2D eigenvalue weighted by molar-refractivity contribution is 7.89. The van der Waals surface area contributed by atoms with Gasteiger partial charge in [-0.15, -0.1) is 0 Å². The van der Waals surface area contributed by atoms with Crippen molar-refractivity contribution in [3.05, 3.63) is 27.6 Å². The van der Waals surface area contributed by atoms with Gasteiger partial charge >= 0.3 is 0 Å². The Morgan fingerprint density at radius 3 is 2.72 bits per heavy atom. The van der Waals surface area contributed by atoms with Crippen LogP contribution in [-0.2, 0) is 14.8 Å². The third-order valence-corrected chi connectivity index (χ3v) is 3.86. The molecule has 1 rings (SSSR count). The molecule has 0 spiro atoms. The van der Waals surface area contributed by atoms with Gasteiger partial charge in [0.1, 0.15) is 5.02 Å². The lowest BCUT2D eigenvalue weighted by atomic mass is 10.2. The molecule has 1 atom stereocenters. The van der Waals surface area contributed by atoms with E-state index in [1.807, 2.05) is 0 Å². The number of halogens is 1. The van der Waals surface area contributed by atoms with Gasteiger partial charge in [0.15, 0.2) is 0 Å². The molecule has 0 aromatic carbocycles. The maximum atomic E-state index is 11.8. The van der Waals surface area contributed by atoms with E-state index in [1.165, 1.54) is 6.92 Å². The molecule has 1 aromatic heterocycles. The second kappa shape index (κ2) is 5.51. The van der Waals surface area contributed by atoms with Gasteiger partial charge < -0.3 is 10.7 Å². The van der Waals surface area contributed by atoms with Gasteiger partial charge in [0.05, 0.1) is 4.90 Å². The van der Waals surface area contributed by atoms with Crippen LogP contribution in [-0.4, -0.2) is 25.4 Å². The third kappa shape index (κ3) is 3.83. The number of pyridine rings is 1. The van der Waals surface area contributed by atoms with E-state index in [0.29, 0.717) is 0 Å². The lowest BCUT2D eigenvalue weighted by Crippen LogP contribution is -2.35. The first-order valence-corrected chi connectivity index (χ1v) is 6.77. The Labute approximate surface area is 108 Å². The summed E-state index contributed by atoms with van der Waals surface area (Å²) >= 11 is 5.53. The van der Waals surface area contributed by atoms with E-state index in [9.17, 15) is 18.0 Å². The van der Waals surface area contributed by atoms with Crippen LogP contribution in [0.2, 0.25) is 5.02 Å². The Morgan fingerprint density at radius 1 is 1.61 bits per heavy atom. The van der Waals surface area contributed by atoms with Crippen LogP contribution in [0.4, 0.5) is 0 Å². The number of aromatic amines is 1. The topological polar surface area (TPSA) is 122 Å². The summed E-state index contributed by atoms with van der Waals surface area (Å²) in [7, 11) is -3.86. The van der Waals surface area contributed by atoms with Gasteiger partial charge in [-0.25, -0.2) is 13.1 Å². The number of sulfonamides is 1. The number of hydrogen-bond acceptors (Lipinski definition) is 4. The largest absolute Gasteiger partial charge is 0.370 e. The number of carbonyl (C=O) groups is 1. The number of hydrogen-bond donors (Lipinski definition) is 3. The summed E-state index contributed by atoms with van der Waals surface area (Å²) in [6.07, 6.45) is 0.893. The van der Waals surface area contributed by atoms with Gasteiger partial charge in [-0.1, -0.05) is 11.6 Å². The van der Waals surface area contributed by atoms with Gasteiger partial charge in [0.2, 0.25) is 15.9 Å². The normalized spacial score (nSPS) is 13.2. The molecule has 0 radical (unpaired) electrons. The highest BCUT2D eigenvalue weighted by Gasteiger charge is 2.19. The van der Waals surface area contributed by atoms with Crippen LogP contribution in [0.25, 0.3) is 0 Å². The Morgan fingerprint density at radius 2 is 2.22 bits per heavy atom. The molecule has 1 heterocycles. The van der Waals surface area contributed by atoms with E-state index in [1.54, 1.807) is 0 Å². The van der Waals surface area contributed by atoms with E-state index in [0.717, 1.165) is 12.3 Å². The minimum atomic E-state index is -3.86. The summed E-state index contributed by atoms with van der Waals surface area (Å²) < 4.78 is 25.9. The van der Waals surface area contributed by atoms with Crippen molar-refractivity contribution in [3.63, 3.8) is 0 Å². The molecule has 9 heteroatoms. The summed E-state index contributed by atoms with van der Waals surface area (Å²) in [4.78, 5) is 23.7. The van der Waals surface area contributed by atoms with Gasteiger partial charge in [-0.3, -0.25) is 9.59 Å². The molecule has 0 bridgehead atoms. The van der Waals surface area contributed by atoms with Gasteiger partial charge in [-0.05, 0) is 13.0 Å². The van der Waals surface area contributed by atoms with Crippen molar-refractivity contribution in [2.75, 3.05) is 0 Å². The van der Waals surface area contributed by atoms with Crippen molar-refractivity contribution in [1.29, 1.82) is 0 Å². The lowest BCUT2D eigenvalue weighted by Gasteiger charge is -2.12. The molecular formula is C9H12ClN3O4S. The van der Waals surface area contributed by atoms with E-state index >= 15 is 0 Å². The van der Waals surface area contributed by atoms with Crippen LogP contribution in [0.1, 0.15) is 13.3 Å². The fourth-order valence-corrected chi connectivity index (χ4v) is 2.74. The highest BCUT2D eigenvalue weighted by atomic mass is 35.5. The van der Waals surface area contributed by atoms with Crippen molar-refractivity contribution < 1.29 is 13.2 Å². The van der Waals surface area contributed by atoms with Crippen LogP contribution < -0.4 is 16.0 Å². The molecule has 1 aromatic rings. The van der Waals surface area contributed by atoms with Crippen molar-refractivity contribution in [2.24, 2.45) is 5.73 Å². The van der Waals surface area contributed by atoms with Crippen LogP contribution in [0.3, 0.4) is 0 Å². The minimum Gasteiger partial charge on any atom is -0.370 e. The van der Waals surface area contributed by atoms with Crippen molar-refractivity contribution in [3.8, 4) is 0 Å². The smallest absolute Gasteiger partial charge is 0.266 e. The average Bonchev–Trinajstić information content (AvgIpc) is 2.19. The molecule has 0 fully saturated rings. The predicted octanol–water partition coefficient (Wildman–Crippen LogP) is -0.429. The van der Waals surface area contributed by atoms with Crippen LogP contribution in [0, 0.1) is 0 Å². The SMILES string of the molecule is CC(CC(N)=O)NS(=O)(=O)c1c[nH]c(=O)c(Cl)c1. The van der Waals surface area contributed by atoms with Crippen LogP contribution in [0.5, 0.6) is 0 Å².